The van der Waals surface area contributed by atoms with E-state index in [4.69, 9.17) is 4.74 Å². The van der Waals surface area contributed by atoms with Gasteiger partial charge in [-0.3, -0.25) is 5.10 Å². The van der Waals surface area contributed by atoms with E-state index in [1.807, 2.05) is 45.0 Å². The molecule has 1 aromatic carbocycles. The number of nitrogens with one attached hydrogen (secondary N) is 1. The van der Waals surface area contributed by atoms with E-state index in [2.05, 4.69) is 41.3 Å². The molecule has 0 aliphatic rings. The lowest BCUT2D eigenvalue weighted by atomic mass is 9.96. The standard InChI is InChI=1S/C16H17BrN6O2/c1-16(2,3)15-19-13(20-21-15)9-25-14(24)12-8-18-23(22-12)11-6-4-5-10(17)7-11/h4-8H,9H2,1-3H3,(H,19,20,21). The van der Waals surface area contributed by atoms with Crippen LogP contribution in [0.1, 0.15) is 42.9 Å². The molecule has 0 amide bonds. The van der Waals surface area contributed by atoms with Crippen molar-refractivity contribution < 1.29 is 9.53 Å². The molecule has 0 saturated carbocycles. The molecule has 0 bridgehead atoms. The SMILES string of the molecule is CC(C)(C)c1n[nH]c(COC(=O)c2cnn(-c3cccc(Br)c3)n2)n1. The molecule has 130 valence electrons. The van der Waals surface area contributed by atoms with Gasteiger partial charge in [0.25, 0.3) is 0 Å². The number of aromatic nitrogens is 6. The van der Waals surface area contributed by atoms with Crippen LogP contribution >= 0.6 is 15.9 Å². The maximum absolute atomic E-state index is 12.1. The first-order valence-corrected chi connectivity index (χ1v) is 8.39. The molecule has 0 atom stereocenters. The van der Waals surface area contributed by atoms with E-state index >= 15 is 0 Å². The lowest BCUT2D eigenvalue weighted by molar-refractivity contribution is 0.0455. The average molecular weight is 405 g/mol. The fraction of sp³-hybridized carbons (Fsp3) is 0.312. The molecule has 0 saturated heterocycles. The predicted octanol–water partition coefficient (Wildman–Crippen LogP) is 2.80. The van der Waals surface area contributed by atoms with Crippen molar-refractivity contribution in [1.82, 2.24) is 30.2 Å². The van der Waals surface area contributed by atoms with Crippen LogP contribution in [0.25, 0.3) is 5.69 Å². The van der Waals surface area contributed by atoms with Gasteiger partial charge >= 0.3 is 5.97 Å². The van der Waals surface area contributed by atoms with E-state index < -0.39 is 5.97 Å². The van der Waals surface area contributed by atoms with Gasteiger partial charge in [-0.25, -0.2) is 9.78 Å². The Morgan fingerprint density at radius 2 is 2.16 bits per heavy atom. The molecule has 3 aromatic rings. The van der Waals surface area contributed by atoms with Crippen molar-refractivity contribution in [2.24, 2.45) is 0 Å². The molecule has 9 heteroatoms. The van der Waals surface area contributed by atoms with E-state index in [1.165, 1.54) is 11.0 Å². The highest BCUT2D eigenvalue weighted by molar-refractivity contribution is 9.10. The molecule has 1 N–H and O–H groups in total. The third kappa shape index (κ3) is 4.11. The summed E-state index contributed by atoms with van der Waals surface area (Å²) in [6.07, 6.45) is 1.37. The Balaban J connectivity index is 1.65. The van der Waals surface area contributed by atoms with Gasteiger partial charge < -0.3 is 4.74 Å². The highest BCUT2D eigenvalue weighted by Gasteiger charge is 2.20. The maximum atomic E-state index is 12.1. The van der Waals surface area contributed by atoms with Crippen LogP contribution in [0.3, 0.4) is 0 Å². The normalized spacial score (nSPS) is 11.5. The molecule has 0 spiro atoms. The molecule has 0 radical (unpaired) electrons. The molecular formula is C16H17BrN6O2. The van der Waals surface area contributed by atoms with Gasteiger partial charge in [-0.15, -0.1) is 5.10 Å². The first kappa shape index (κ1) is 17.3. The number of aromatic amines is 1. The highest BCUT2D eigenvalue weighted by Crippen LogP contribution is 2.17. The molecule has 25 heavy (non-hydrogen) atoms. The summed E-state index contributed by atoms with van der Waals surface area (Å²) >= 11 is 3.38. The monoisotopic (exact) mass is 404 g/mol. The first-order valence-electron chi connectivity index (χ1n) is 7.60. The van der Waals surface area contributed by atoms with Crippen molar-refractivity contribution in [1.29, 1.82) is 0 Å². The molecule has 3 rings (SSSR count). The van der Waals surface area contributed by atoms with E-state index in [0.717, 1.165) is 10.2 Å². The number of nitrogens with zero attached hydrogens (tertiary/aromatic N) is 5. The number of hydrogen-bond donors (Lipinski definition) is 1. The fourth-order valence-corrected chi connectivity index (χ4v) is 2.37. The fourth-order valence-electron chi connectivity index (χ4n) is 1.98. The van der Waals surface area contributed by atoms with Gasteiger partial charge in [-0.2, -0.15) is 15.0 Å². The number of rotatable bonds is 4. The lowest BCUT2D eigenvalue weighted by Crippen LogP contribution is -2.13. The predicted molar refractivity (Wildman–Crippen MR) is 93.3 cm³/mol. The Labute approximate surface area is 152 Å². The summed E-state index contributed by atoms with van der Waals surface area (Å²) in [6.45, 7) is 6.01. The van der Waals surface area contributed by atoms with Crippen molar-refractivity contribution in [3.63, 3.8) is 0 Å². The summed E-state index contributed by atoms with van der Waals surface area (Å²) < 4.78 is 6.11. The molecule has 8 nitrogen and oxygen atoms in total. The van der Waals surface area contributed by atoms with Crippen LogP contribution in [0.5, 0.6) is 0 Å². The Morgan fingerprint density at radius 1 is 1.36 bits per heavy atom. The number of benzene rings is 1. The van der Waals surface area contributed by atoms with E-state index in [-0.39, 0.29) is 17.7 Å². The van der Waals surface area contributed by atoms with Crippen LogP contribution in [0.4, 0.5) is 0 Å². The van der Waals surface area contributed by atoms with E-state index in [1.54, 1.807) is 0 Å². The summed E-state index contributed by atoms with van der Waals surface area (Å²) in [7, 11) is 0. The number of H-pyrrole nitrogens is 1. The number of ether oxygens (including phenoxy) is 1. The smallest absolute Gasteiger partial charge is 0.361 e. The minimum absolute atomic E-state index is 0.00828. The van der Waals surface area contributed by atoms with Gasteiger partial charge in [-0.05, 0) is 18.2 Å². The lowest BCUT2D eigenvalue weighted by Gasteiger charge is -2.11. The largest absolute Gasteiger partial charge is 0.453 e. The number of hydrogen-bond acceptors (Lipinski definition) is 6. The Kier molecular flexibility index (Phi) is 4.67. The van der Waals surface area contributed by atoms with Crippen LogP contribution in [0, 0.1) is 0 Å². The third-order valence-electron chi connectivity index (χ3n) is 3.28. The number of carbonyl (C=O) groups is 1. The molecule has 0 aliphatic heterocycles. The van der Waals surface area contributed by atoms with Gasteiger partial charge in [0.2, 0.25) is 0 Å². The Morgan fingerprint density at radius 3 is 2.84 bits per heavy atom. The summed E-state index contributed by atoms with van der Waals surface area (Å²) in [5.41, 5.74) is 0.680. The molecule has 0 aliphatic carbocycles. The zero-order chi connectivity index (χ0) is 18.0. The number of carbonyl (C=O) groups excluding carboxylic acids is 1. The zero-order valence-electron chi connectivity index (χ0n) is 14.0. The molecular weight excluding hydrogens is 388 g/mol. The summed E-state index contributed by atoms with van der Waals surface area (Å²) in [6, 6.07) is 7.43. The second-order valence-electron chi connectivity index (χ2n) is 6.43. The molecule has 2 aromatic heterocycles. The van der Waals surface area contributed by atoms with E-state index in [0.29, 0.717) is 11.6 Å². The average Bonchev–Trinajstić information content (AvgIpc) is 3.21. The van der Waals surface area contributed by atoms with Crippen LogP contribution in [0.2, 0.25) is 0 Å². The van der Waals surface area contributed by atoms with Crippen molar-refractivity contribution in [3.05, 3.63) is 52.3 Å². The summed E-state index contributed by atoms with van der Waals surface area (Å²) in [4.78, 5) is 17.8. The number of esters is 1. The van der Waals surface area contributed by atoms with Gasteiger partial charge in [0.05, 0.1) is 11.9 Å². The first-order chi connectivity index (χ1) is 11.8. The minimum atomic E-state index is -0.574. The second-order valence-corrected chi connectivity index (χ2v) is 7.35. The molecule has 0 fully saturated rings. The van der Waals surface area contributed by atoms with Gasteiger partial charge in [0, 0.05) is 9.89 Å². The van der Waals surface area contributed by atoms with Crippen molar-refractivity contribution in [3.8, 4) is 5.69 Å². The second kappa shape index (κ2) is 6.75. The molecule has 0 unspecified atom stereocenters. The highest BCUT2D eigenvalue weighted by atomic mass is 79.9. The third-order valence-corrected chi connectivity index (χ3v) is 3.78. The van der Waals surface area contributed by atoms with Crippen LogP contribution in [-0.4, -0.2) is 36.1 Å². The zero-order valence-corrected chi connectivity index (χ0v) is 15.6. The van der Waals surface area contributed by atoms with Crippen LogP contribution in [-0.2, 0) is 16.8 Å². The van der Waals surface area contributed by atoms with Gasteiger partial charge in [-0.1, -0.05) is 42.8 Å². The summed E-state index contributed by atoms with van der Waals surface area (Å²) in [5.74, 6) is 0.576. The quantitative estimate of drug-likeness (QED) is 0.671. The Hall–Kier alpha value is -2.55. The maximum Gasteiger partial charge on any atom is 0.361 e. The summed E-state index contributed by atoms with van der Waals surface area (Å²) in [5, 5.41) is 15.1. The van der Waals surface area contributed by atoms with Crippen molar-refractivity contribution >= 4 is 21.9 Å². The van der Waals surface area contributed by atoms with Crippen LogP contribution < -0.4 is 0 Å². The Bertz CT molecular complexity index is 896. The van der Waals surface area contributed by atoms with E-state index in [9.17, 15) is 4.79 Å². The molecule has 2 heterocycles. The minimum Gasteiger partial charge on any atom is -0.453 e. The topological polar surface area (TPSA) is 98.6 Å². The van der Waals surface area contributed by atoms with Gasteiger partial charge in [0.15, 0.2) is 23.9 Å². The van der Waals surface area contributed by atoms with Gasteiger partial charge in [0.1, 0.15) is 0 Å². The van der Waals surface area contributed by atoms with Crippen molar-refractivity contribution in [2.75, 3.05) is 0 Å². The van der Waals surface area contributed by atoms with Crippen LogP contribution in [0.15, 0.2) is 34.9 Å². The number of halogens is 1. The van der Waals surface area contributed by atoms with Crippen molar-refractivity contribution in [2.45, 2.75) is 32.8 Å².